The zero-order valence-corrected chi connectivity index (χ0v) is 17.5. The lowest BCUT2D eigenvalue weighted by Crippen LogP contribution is -2.37. The largest absolute Gasteiger partial charge is 0.379 e. The maximum absolute atomic E-state index is 11.5. The van der Waals surface area contributed by atoms with Crippen LogP contribution in [0.5, 0.6) is 0 Å². The van der Waals surface area contributed by atoms with Crippen LogP contribution in [-0.4, -0.2) is 70.8 Å². The van der Waals surface area contributed by atoms with Gasteiger partial charge in [0, 0.05) is 29.4 Å². The Kier molecular flexibility index (Phi) is 6.76. The number of nitrogens with zero attached hydrogens (tertiary/aromatic N) is 4. The van der Waals surface area contributed by atoms with E-state index in [1.807, 2.05) is 22.8 Å². The van der Waals surface area contributed by atoms with Crippen LogP contribution in [0.2, 0.25) is 0 Å². The summed E-state index contributed by atoms with van der Waals surface area (Å²) < 4.78 is 7.29. The van der Waals surface area contributed by atoms with Crippen molar-refractivity contribution in [3.8, 4) is 0 Å². The van der Waals surface area contributed by atoms with E-state index < -0.39 is 0 Å². The van der Waals surface area contributed by atoms with Crippen molar-refractivity contribution in [2.24, 2.45) is 0 Å². The molecule has 1 atom stereocenters. The van der Waals surface area contributed by atoms with Gasteiger partial charge in [-0.25, -0.2) is 9.50 Å². The molecule has 1 amide bonds. The Morgan fingerprint density at radius 2 is 2.17 bits per heavy atom. The van der Waals surface area contributed by atoms with Crippen LogP contribution in [0.3, 0.4) is 0 Å². The first kappa shape index (κ1) is 20.6. The number of nitrogens with one attached hydrogen (secondary N) is 2. The summed E-state index contributed by atoms with van der Waals surface area (Å²) >= 11 is 0. The molecule has 2 aromatic heterocycles. The molecule has 1 aliphatic carbocycles. The second-order valence-corrected chi connectivity index (χ2v) is 7.78. The van der Waals surface area contributed by atoms with E-state index in [0.717, 1.165) is 81.4 Å². The molecule has 1 unspecified atom stereocenters. The van der Waals surface area contributed by atoms with Gasteiger partial charge in [0.05, 0.1) is 31.1 Å². The number of rotatable bonds is 7. The Morgan fingerprint density at radius 1 is 1.30 bits per heavy atom. The fourth-order valence-corrected chi connectivity index (χ4v) is 3.91. The lowest BCUT2D eigenvalue weighted by atomic mass is 10.1. The van der Waals surface area contributed by atoms with Crippen LogP contribution >= 0.6 is 0 Å². The molecule has 2 aliphatic rings. The Morgan fingerprint density at radius 3 is 3.00 bits per heavy atom. The van der Waals surface area contributed by atoms with Crippen LogP contribution in [0.15, 0.2) is 36.6 Å². The lowest BCUT2D eigenvalue weighted by molar-refractivity contribution is -0.119. The number of ether oxygens (including phenoxy) is 1. The summed E-state index contributed by atoms with van der Waals surface area (Å²) in [7, 11) is 0. The number of hydrogen-bond donors (Lipinski definition) is 2. The van der Waals surface area contributed by atoms with E-state index in [1.165, 1.54) is 0 Å². The van der Waals surface area contributed by atoms with Gasteiger partial charge in [-0.15, -0.1) is 5.10 Å². The number of amides is 1. The summed E-state index contributed by atoms with van der Waals surface area (Å²) in [6.45, 7) is 7.20. The molecule has 8 heteroatoms. The number of morpholine rings is 1. The molecule has 2 N–H and O–H groups in total. The quantitative estimate of drug-likeness (QED) is 0.535. The average Bonchev–Trinajstić information content (AvgIpc) is 3.03. The topological polar surface area (TPSA) is 83.8 Å². The molecule has 0 aromatic carbocycles. The standard InChI is InChI=1S/C22H30N6O2.2H2/c1-17(29)25-19-6-3-2-5-18(15-19)20-16-24-22-8-7-21(26-28(20)22)23-9-4-10-27-11-13-30-14-12-27;;/h2-3,7-8,15-16,19H,4-6,9-14H2,1H3,(H,23,26)(H,25,29);2*1H. The van der Waals surface area contributed by atoms with E-state index in [-0.39, 0.29) is 14.8 Å². The summed E-state index contributed by atoms with van der Waals surface area (Å²) in [6, 6.07) is 3.95. The minimum Gasteiger partial charge on any atom is -0.379 e. The van der Waals surface area contributed by atoms with Gasteiger partial charge in [0.1, 0.15) is 5.82 Å². The van der Waals surface area contributed by atoms with Gasteiger partial charge in [-0.1, -0.05) is 18.2 Å². The molecule has 1 fully saturated rings. The zero-order valence-electron chi connectivity index (χ0n) is 17.5. The van der Waals surface area contributed by atoms with Crippen molar-refractivity contribution in [2.75, 3.05) is 44.7 Å². The molecule has 1 saturated heterocycles. The van der Waals surface area contributed by atoms with Gasteiger partial charge in [-0.2, -0.15) is 0 Å². The van der Waals surface area contributed by atoms with E-state index in [0.29, 0.717) is 0 Å². The molecule has 2 aromatic rings. The smallest absolute Gasteiger partial charge is 0.217 e. The Balaban J connectivity index is 0.00000181. The van der Waals surface area contributed by atoms with Gasteiger partial charge in [-0.05, 0) is 43.5 Å². The van der Waals surface area contributed by atoms with Crippen molar-refractivity contribution in [3.63, 3.8) is 0 Å². The first-order chi connectivity index (χ1) is 14.7. The van der Waals surface area contributed by atoms with Crippen molar-refractivity contribution < 1.29 is 12.4 Å². The maximum Gasteiger partial charge on any atom is 0.217 e. The van der Waals surface area contributed by atoms with Crippen molar-refractivity contribution in [3.05, 3.63) is 42.3 Å². The van der Waals surface area contributed by atoms with Gasteiger partial charge in [0.25, 0.3) is 0 Å². The third-order valence-corrected chi connectivity index (χ3v) is 5.44. The fourth-order valence-electron chi connectivity index (χ4n) is 3.91. The van der Waals surface area contributed by atoms with Crippen molar-refractivity contribution in [1.82, 2.24) is 24.8 Å². The van der Waals surface area contributed by atoms with E-state index in [4.69, 9.17) is 9.84 Å². The van der Waals surface area contributed by atoms with Crippen molar-refractivity contribution >= 4 is 22.9 Å². The van der Waals surface area contributed by atoms with E-state index >= 15 is 0 Å². The minimum atomic E-state index is -0.0225. The van der Waals surface area contributed by atoms with Crippen LogP contribution in [0.4, 0.5) is 5.82 Å². The molecular formula is C22H34N6O2. The van der Waals surface area contributed by atoms with Crippen LogP contribution in [0, 0.1) is 0 Å². The van der Waals surface area contributed by atoms with Gasteiger partial charge in [0.2, 0.25) is 5.91 Å². The summed E-state index contributed by atoms with van der Waals surface area (Å²) in [4.78, 5) is 18.4. The molecule has 0 saturated carbocycles. The molecule has 164 valence electrons. The zero-order chi connectivity index (χ0) is 20.8. The Hall–Kier alpha value is -2.71. The molecule has 8 nitrogen and oxygen atoms in total. The van der Waals surface area contributed by atoms with Gasteiger partial charge in [-0.3, -0.25) is 9.69 Å². The van der Waals surface area contributed by atoms with Crippen LogP contribution in [-0.2, 0) is 9.53 Å². The van der Waals surface area contributed by atoms with Gasteiger partial charge < -0.3 is 15.4 Å². The fraction of sp³-hybridized carbons (Fsp3) is 0.500. The SMILES string of the molecule is CC(=O)NC1C=C(c2cnc3ccc(NCCCN4CCOCC4)nn23)CC=CC1.[HH].[HH]. The number of carbonyl (C=O) groups is 1. The first-order valence-electron chi connectivity index (χ1n) is 10.7. The van der Waals surface area contributed by atoms with E-state index in [9.17, 15) is 4.79 Å². The number of hydrogen-bond acceptors (Lipinski definition) is 6. The predicted octanol–water partition coefficient (Wildman–Crippen LogP) is 2.59. The predicted molar refractivity (Wildman–Crippen MR) is 122 cm³/mol. The third kappa shape index (κ3) is 5.25. The average molecular weight is 415 g/mol. The third-order valence-electron chi connectivity index (χ3n) is 5.44. The van der Waals surface area contributed by atoms with Gasteiger partial charge >= 0.3 is 0 Å². The number of carbonyl (C=O) groups excluding carboxylic acids is 1. The van der Waals surface area contributed by atoms with Crippen molar-refractivity contribution in [1.29, 1.82) is 0 Å². The molecule has 0 radical (unpaired) electrons. The van der Waals surface area contributed by atoms with Crippen LogP contribution in [0.25, 0.3) is 11.2 Å². The monoisotopic (exact) mass is 414 g/mol. The highest BCUT2D eigenvalue weighted by atomic mass is 16.5. The number of anilines is 1. The van der Waals surface area contributed by atoms with Crippen LogP contribution < -0.4 is 10.6 Å². The normalized spacial score (nSPS) is 20.0. The minimum absolute atomic E-state index is 0. The second kappa shape index (κ2) is 9.86. The van der Waals surface area contributed by atoms with Crippen molar-refractivity contribution in [2.45, 2.75) is 32.2 Å². The maximum atomic E-state index is 11.5. The Labute approximate surface area is 180 Å². The number of aromatic nitrogens is 3. The highest BCUT2D eigenvalue weighted by Crippen LogP contribution is 2.24. The Bertz CT molecular complexity index is 940. The highest BCUT2D eigenvalue weighted by Gasteiger charge is 2.15. The van der Waals surface area contributed by atoms with Gasteiger partial charge in [0.15, 0.2) is 5.65 Å². The second-order valence-electron chi connectivity index (χ2n) is 7.78. The molecule has 1 aliphatic heterocycles. The molecule has 30 heavy (non-hydrogen) atoms. The van der Waals surface area contributed by atoms with E-state index in [2.05, 4.69) is 38.7 Å². The number of imidazole rings is 1. The summed E-state index contributed by atoms with van der Waals surface area (Å²) in [5.41, 5.74) is 2.89. The molecule has 4 rings (SSSR count). The summed E-state index contributed by atoms with van der Waals surface area (Å²) in [5.74, 6) is 0.817. The molecule has 0 bridgehead atoms. The van der Waals surface area contributed by atoms with Crippen LogP contribution in [0.1, 0.15) is 34.7 Å². The molecule has 0 spiro atoms. The molecular weight excluding hydrogens is 380 g/mol. The summed E-state index contributed by atoms with van der Waals surface area (Å²) in [6.07, 6.45) is 10.9. The number of fused-ring (bicyclic) bond motifs is 1. The summed E-state index contributed by atoms with van der Waals surface area (Å²) in [5, 5.41) is 11.2. The molecule has 3 heterocycles. The highest BCUT2D eigenvalue weighted by molar-refractivity contribution is 5.75. The first-order valence-corrected chi connectivity index (χ1v) is 10.7. The van der Waals surface area contributed by atoms with E-state index in [1.54, 1.807) is 6.92 Å². The number of allylic oxidation sites excluding steroid dienone is 2. The lowest BCUT2D eigenvalue weighted by Gasteiger charge is -2.26.